The van der Waals surface area contributed by atoms with Gasteiger partial charge in [0.25, 0.3) is 22.9 Å². The van der Waals surface area contributed by atoms with E-state index in [1.807, 2.05) is 55.4 Å². The van der Waals surface area contributed by atoms with Gasteiger partial charge in [-0.15, -0.1) is 0 Å². The molecule has 25 heteroatoms. The molecular formula is C61H73BCl2N12O10. The number of aliphatic hydroxyl groups excluding tert-OH is 2. The Morgan fingerprint density at radius 1 is 0.640 bits per heavy atom. The molecule has 86 heavy (non-hydrogen) atoms. The fraction of sp³-hybridized carbons (Fsp3) is 0.377. The highest BCUT2D eigenvalue weighted by molar-refractivity contribution is 6.62. The molecule has 0 saturated carbocycles. The number of amides is 4. The SMILES string of the molecule is CC1(C)OB(c2cn[nH]c2)OC1(C)C.CN(CC(C)(C)CO)C(=O)Cn1c(=O)c(C(=O)NCc2ccc(Cl)cc2)cc2ccc(-c3cn[nH]c3)nc21.Cc1ccc2cc(C(=O)NCc3ccc(Cl)cc3)c(=O)n(CC(=O)N(C)CC(C)(C)CO)c2n1. The summed E-state index contributed by atoms with van der Waals surface area (Å²) in [7, 11) is 2.92. The number of hydrogen-bond acceptors (Lipinski definition) is 14. The Kier molecular flexibility index (Phi) is 21.0. The standard InChI is InChI=1S/C27H29ClN6O4.C25H29ClN4O4.C9H15BN2O2/c1-27(2,16-35)15-33(3)23(36)14-34-24-18(6-9-22(32-24)19-12-30-31-13-19)10-21(26(34)38)25(37)29-11-17-4-7-20(28)8-5-17;1-16-5-8-18-11-20(23(33)27-12-17-6-9-19(26)10-7-17)24(34)30(22(18)28-16)13-21(32)29(4)14-25(2,3)15-31;1-8(2)9(3,4)14-10(13-8)7-5-11-12-6-7/h4-10,12-13,35H,11,14-16H2,1-3H3,(H,29,37)(H,30,31);5-11,31H,12-15H2,1-4H3,(H,27,33);5-6H,1-4H3,(H,11,12). The molecule has 454 valence electrons. The van der Waals surface area contributed by atoms with Crippen molar-refractivity contribution in [3.8, 4) is 11.3 Å². The summed E-state index contributed by atoms with van der Waals surface area (Å²) >= 11 is 11.8. The van der Waals surface area contributed by atoms with Crippen molar-refractivity contribution in [2.75, 3.05) is 40.4 Å². The van der Waals surface area contributed by atoms with E-state index in [9.17, 15) is 39.0 Å². The van der Waals surface area contributed by atoms with Gasteiger partial charge in [-0.1, -0.05) is 75.2 Å². The summed E-state index contributed by atoms with van der Waals surface area (Å²) in [6.07, 6.45) is 6.79. The van der Waals surface area contributed by atoms with Gasteiger partial charge in [-0.2, -0.15) is 10.2 Å². The summed E-state index contributed by atoms with van der Waals surface area (Å²) in [5, 5.41) is 40.2. The van der Waals surface area contributed by atoms with Gasteiger partial charge >= 0.3 is 7.12 Å². The molecule has 7 heterocycles. The minimum Gasteiger partial charge on any atom is -0.399 e. The lowest BCUT2D eigenvalue weighted by molar-refractivity contribution is -0.132. The van der Waals surface area contributed by atoms with Crippen LogP contribution >= 0.6 is 23.2 Å². The normalized spacial score (nSPS) is 13.5. The van der Waals surface area contributed by atoms with Crippen molar-refractivity contribution in [3.05, 3.63) is 168 Å². The van der Waals surface area contributed by atoms with E-state index in [1.165, 1.54) is 31.1 Å². The second-order valence-corrected chi connectivity index (χ2v) is 24.6. The first-order chi connectivity index (χ1) is 40.5. The van der Waals surface area contributed by atoms with Gasteiger partial charge in [0.05, 0.1) is 23.1 Å². The minimum atomic E-state index is -0.633. The van der Waals surface area contributed by atoms with E-state index >= 15 is 0 Å². The van der Waals surface area contributed by atoms with Crippen molar-refractivity contribution in [1.29, 1.82) is 0 Å². The van der Waals surface area contributed by atoms with Crippen molar-refractivity contribution in [2.24, 2.45) is 10.8 Å². The molecule has 8 aromatic rings. The van der Waals surface area contributed by atoms with Crippen molar-refractivity contribution in [2.45, 2.75) is 99.7 Å². The number of nitrogens with one attached hydrogen (secondary N) is 4. The Morgan fingerprint density at radius 2 is 1.07 bits per heavy atom. The molecule has 0 aliphatic carbocycles. The molecule has 0 spiro atoms. The summed E-state index contributed by atoms with van der Waals surface area (Å²) in [6.45, 7) is 17.5. The number of benzene rings is 2. The van der Waals surface area contributed by atoms with E-state index in [0.29, 0.717) is 50.0 Å². The number of nitrogens with zero attached hydrogens (tertiary/aromatic N) is 8. The quantitative estimate of drug-likeness (QED) is 0.0513. The second kappa shape index (κ2) is 27.5. The predicted octanol–water partition coefficient (Wildman–Crippen LogP) is 6.32. The van der Waals surface area contributed by atoms with E-state index in [-0.39, 0.29) is 92.8 Å². The summed E-state index contributed by atoms with van der Waals surface area (Å²) in [5.41, 5.74) is 2.17. The first-order valence-electron chi connectivity index (χ1n) is 27.6. The largest absolute Gasteiger partial charge is 0.498 e. The number of fused-ring (bicyclic) bond motifs is 2. The van der Waals surface area contributed by atoms with E-state index < -0.39 is 33.8 Å². The Bertz CT molecular complexity index is 3800. The molecular weight excluding hydrogens is 1140 g/mol. The number of carbonyl (C=O) groups excluding carboxylic acids is 4. The topological polar surface area (TPSA) is 285 Å². The Labute approximate surface area is 508 Å². The van der Waals surface area contributed by atoms with Crippen molar-refractivity contribution < 1.29 is 38.7 Å². The average Bonchev–Trinajstić information content (AvgIpc) is 2.08. The number of halogens is 2. The molecule has 1 saturated heterocycles. The molecule has 22 nitrogen and oxygen atoms in total. The minimum absolute atomic E-state index is 0.0711. The average molecular weight is 1220 g/mol. The van der Waals surface area contributed by atoms with Crippen LogP contribution in [0.4, 0.5) is 0 Å². The summed E-state index contributed by atoms with van der Waals surface area (Å²) < 4.78 is 14.1. The second-order valence-electron chi connectivity index (χ2n) is 23.7. The van der Waals surface area contributed by atoms with Gasteiger partial charge in [0.2, 0.25) is 11.8 Å². The molecule has 6 N–H and O–H groups in total. The number of aromatic amines is 2. The van der Waals surface area contributed by atoms with Crippen LogP contribution in [0, 0.1) is 17.8 Å². The van der Waals surface area contributed by atoms with E-state index in [4.69, 9.17) is 32.5 Å². The van der Waals surface area contributed by atoms with E-state index in [2.05, 4.69) is 41.0 Å². The Morgan fingerprint density at radius 3 is 1.49 bits per heavy atom. The number of rotatable bonds is 18. The highest BCUT2D eigenvalue weighted by Crippen LogP contribution is 2.36. The molecule has 1 aliphatic rings. The van der Waals surface area contributed by atoms with Gasteiger partial charge < -0.3 is 40.0 Å². The fourth-order valence-corrected chi connectivity index (χ4v) is 9.21. The first-order valence-corrected chi connectivity index (χ1v) is 28.4. The monoisotopic (exact) mass is 1210 g/mol. The molecule has 2 aromatic carbocycles. The van der Waals surface area contributed by atoms with Crippen LogP contribution in [0.5, 0.6) is 0 Å². The van der Waals surface area contributed by atoms with Gasteiger partial charge in [-0.3, -0.25) is 48.1 Å². The number of aryl methyl sites for hydroxylation is 1. The van der Waals surface area contributed by atoms with Crippen molar-refractivity contribution in [1.82, 2.24) is 59.9 Å². The molecule has 4 amide bonds. The lowest BCUT2D eigenvalue weighted by Gasteiger charge is -2.32. The summed E-state index contributed by atoms with van der Waals surface area (Å²) in [6, 6.07) is 24.1. The van der Waals surface area contributed by atoms with Crippen LogP contribution in [-0.2, 0) is 45.1 Å². The van der Waals surface area contributed by atoms with E-state index in [1.54, 1.807) is 119 Å². The molecule has 0 radical (unpaired) electrons. The van der Waals surface area contributed by atoms with Crippen LogP contribution in [0.15, 0.2) is 119 Å². The number of hydrogen-bond donors (Lipinski definition) is 6. The fourth-order valence-electron chi connectivity index (χ4n) is 8.96. The lowest BCUT2D eigenvalue weighted by atomic mass is 9.82. The third kappa shape index (κ3) is 16.5. The Hall–Kier alpha value is -8.06. The smallest absolute Gasteiger partial charge is 0.399 e. The zero-order valence-corrected chi connectivity index (χ0v) is 51.6. The van der Waals surface area contributed by atoms with Crippen LogP contribution in [0.1, 0.15) is 92.9 Å². The highest BCUT2D eigenvalue weighted by atomic mass is 35.5. The molecule has 6 aromatic heterocycles. The maximum Gasteiger partial charge on any atom is 0.498 e. The van der Waals surface area contributed by atoms with Crippen molar-refractivity contribution in [3.63, 3.8) is 0 Å². The maximum absolute atomic E-state index is 13.6. The third-order valence-corrected chi connectivity index (χ3v) is 15.2. The molecule has 1 fully saturated rings. The number of carbonyl (C=O) groups is 4. The van der Waals surface area contributed by atoms with Crippen molar-refractivity contribution >= 4 is 81.5 Å². The summed E-state index contributed by atoms with van der Waals surface area (Å²) in [4.78, 5) is 91.1. The Balaban J connectivity index is 0.000000202. The lowest BCUT2D eigenvalue weighted by Crippen LogP contribution is -2.41. The van der Waals surface area contributed by atoms with Gasteiger partial charge in [0.15, 0.2) is 0 Å². The zero-order valence-electron chi connectivity index (χ0n) is 50.1. The highest BCUT2D eigenvalue weighted by Gasteiger charge is 2.52. The summed E-state index contributed by atoms with van der Waals surface area (Å²) in [5.74, 6) is -1.80. The number of aliphatic hydroxyl groups is 2. The first kappa shape index (κ1) is 65.5. The van der Waals surface area contributed by atoms with E-state index in [0.717, 1.165) is 16.6 Å². The van der Waals surface area contributed by atoms with Crippen LogP contribution < -0.4 is 27.2 Å². The molecule has 0 bridgehead atoms. The number of aromatic nitrogens is 8. The molecule has 0 unspecified atom stereocenters. The van der Waals surface area contributed by atoms with Crippen LogP contribution in [0.3, 0.4) is 0 Å². The van der Waals surface area contributed by atoms with Crippen LogP contribution in [0.2, 0.25) is 10.0 Å². The van der Waals surface area contributed by atoms with Crippen LogP contribution in [-0.4, -0.2) is 142 Å². The third-order valence-electron chi connectivity index (χ3n) is 14.7. The number of H-pyrrole nitrogens is 2. The molecule has 9 rings (SSSR count). The number of pyridine rings is 4. The van der Waals surface area contributed by atoms with Gasteiger partial charge in [0, 0.05) is 120 Å². The van der Waals surface area contributed by atoms with Gasteiger partial charge in [0.1, 0.15) is 35.5 Å². The zero-order chi connectivity index (χ0) is 62.9. The van der Waals surface area contributed by atoms with Crippen LogP contribution in [0.25, 0.3) is 33.3 Å². The number of likely N-dealkylation sites (N-methyl/N-ethyl adjacent to an activating group) is 2. The predicted molar refractivity (Wildman–Crippen MR) is 331 cm³/mol. The molecule has 1 aliphatic heterocycles. The van der Waals surface area contributed by atoms with Gasteiger partial charge in [-0.25, -0.2) is 9.97 Å². The van der Waals surface area contributed by atoms with Gasteiger partial charge in [-0.05, 0) is 106 Å². The maximum atomic E-state index is 13.6. The molecule has 0 atom stereocenters.